The molecule has 1 heterocycles. The second kappa shape index (κ2) is 8.97. The van der Waals surface area contributed by atoms with Gasteiger partial charge in [-0.2, -0.15) is 0 Å². The van der Waals surface area contributed by atoms with Crippen LogP contribution in [0.5, 0.6) is 11.5 Å². The predicted octanol–water partition coefficient (Wildman–Crippen LogP) is 4.27. The molecule has 28 heavy (non-hydrogen) atoms. The molecule has 2 aromatic rings. The Morgan fingerprint density at radius 3 is 2.68 bits per heavy atom. The molecule has 1 atom stereocenters. The number of nitrogens with one attached hydrogen (secondary N) is 1. The second-order valence-corrected chi connectivity index (χ2v) is 6.98. The van der Waals surface area contributed by atoms with E-state index in [1.54, 1.807) is 61.4 Å². The molecule has 0 radical (unpaired) electrons. The number of amides is 2. The van der Waals surface area contributed by atoms with Gasteiger partial charge in [-0.1, -0.05) is 23.7 Å². The van der Waals surface area contributed by atoms with Gasteiger partial charge < -0.3 is 19.7 Å². The van der Waals surface area contributed by atoms with Gasteiger partial charge in [-0.3, -0.25) is 9.59 Å². The molecule has 148 valence electrons. The molecule has 1 saturated heterocycles. The zero-order valence-electron chi connectivity index (χ0n) is 15.9. The van der Waals surface area contributed by atoms with Crippen molar-refractivity contribution in [3.8, 4) is 11.5 Å². The van der Waals surface area contributed by atoms with E-state index in [9.17, 15) is 9.59 Å². The first kappa shape index (κ1) is 20.0. The van der Waals surface area contributed by atoms with Crippen LogP contribution < -0.4 is 19.7 Å². The molecular formula is C21H23ClN2O4. The van der Waals surface area contributed by atoms with Crippen LogP contribution in [0.25, 0.3) is 0 Å². The molecule has 6 nitrogen and oxygen atoms in total. The van der Waals surface area contributed by atoms with Crippen LogP contribution in [0.4, 0.5) is 11.4 Å². The lowest BCUT2D eigenvalue weighted by Gasteiger charge is -2.28. The zero-order chi connectivity index (χ0) is 20.1. The van der Waals surface area contributed by atoms with Crippen molar-refractivity contribution in [2.24, 2.45) is 0 Å². The van der Waals surface area contributed by atoms with Gasteiger partial charge in [0.05, 0.1) is 17.8 Å². The zero-order valence-corrected chi connectivity index (χ0v) is 16.7. The van der Waals surface area contributed by atoms with Crippen LogP contribution in [0.3, 0.4) is 0 Å². The summed E-state index contributed by atoms with van der Waals surface area (Å²) in [4.78, 5) is 26.5. The minimum atomic E-state index is -0.748. The third-order valence-electron chi connectivity index (χ3n) is 4.57. The molecule has 0 spiro atoms. The standard InChI is InChI=1S/C21H23ClN2O4/c1-14(28-18-8-4-3-7-16(18)22)21(26)23-15-10-11-19(27-2)17(13-15)24-12-6-5-9-20(24)25/h3-4,7-8,10-11,13-14H,5-6,9,12H2,1-2H3,(H,23,26). The SMILES string of the molecule is COc1ccc(NC(=O)C(C)Oc2ccccc2Cl)cc1N1CCCCC1=O. The van der Waals surface area contributed by atoms with Crippen molar-refractivity contribution < 1.29 is 19.1 Å². The second-order valence-electron chi connectivity index (χ2n) is 6.57. The number of para-hydroxylation sites is 1. The fraction of sp³-hybridized carbons (Fsp3) is 0.333. The van der Waals surface area contributed by atoms with Gasteiger partial charge in [-0.15, -0.1) is 0 Å². The number of nitrogens with zero attached hydrogens (tertiary/aromatic N) is 1. The van der Waals surface area contributed by atoms with Gasteiger partial charge in [-0.25, -0.2) is 0 Å². The Morgan fingerprint density at radius 1 is 1.18 bits per heavy atom. The minimum absolute atomic E-state index is 0.0587. The molecule has 0 bridgehead atoms. The van der Waals surface area contributed by atoms with Gasteiger partial charge in [-0.05, 0) is 50.1 Å². The Hall–Kier alpha value is -2.73. The van der Waals surface area contributed by atoms with Gasteiger partial charge in [0, 0.05) is 18.7 Å². The molecular weight excluding hydrogens is 380 g/mol. The number of carbonyl (C=O) groups is 2. The van der Waals surface area contributed by atoms with Gasteiger partial charge >= 0.3 is 0 Å². The number of hydrogen-bond acceptors (Lipinski definition) is 4. The van der Waals surface area contributed by atoms with Gasteiger partial charge in [0.1, 0.15) is 11.5 Å². The normalized spacial score (nSPS) is 15.1. The molecule has 1 unspecified atom stereocenters. The lowest BCUT2D eigenvalue weighted by atomic mass is 10.1. The summed E-state index contributed by atoms with van der Waals surface area (Å²) in [6.07, 6.45) is 1.60. The van der Waals surface area contributed by atoms with Crippen LogP contribution in [0.2, 0.25) is 5.02 Å². The smallest absolute Gasteiger partial charge is 0.265 e. The van der Waals surface area contributed by atoms with E-state index in [2.05, 4.69) is 5.32 Å². The third kappa shape index (κ3) is 4.57. The molecule has 3 rings (SSSR count). The van der Waals surface area contributed by atoms with E-state index in [4.69, 9.17) is 21.1 Å². The van der Waals surface area contributed by atoms with Gasteiger partial charge in [0.25, 0.3) is 5.91 Å². The molecule has 0 aliphatic carbocycles. The van der Waals surface area contributed by atoms with E-state index < -0.39 is 6.10 Å². The van der Waals surface area contributed by atoms with Crippen LogP contribution in [-0.4, -0.2) is 31.6 Å². The first-order valence-electron chi connectivity index (χ1n) is 9.20. The monoisotopic (exact) mass is 402 g/mol. The average Bonchev–Trinajstić information content (AvgIpc) is 2.70. The van der Waals surface area contributed by atoms with E-state index in [0.29, 0.717) is 40.9 Å². The molecule has 2 amide bonds. The summed E-state index contributed by atoms with van der Waals surface area (Å²) in [6.45, 7) is 2.29. The number of anilines is 2. The van der Waals surface area contributed by atoms with Crippen LogP contribution in [0, 0.1) is 0 Å². The molecule has 0 aromatic heterocycles. The maximum atomic E-state index is 12.5. The number of rotatable bonds is 6. The van der Waals surface area contributed by atoms with Crippen molar-refractivity contribution in [1.82, 2.24) is 0 Å². The van der Waals surface area contributed by atoms with E-state index in [0.717, 1.165) is 12.8 Å². The van der Waals surface area contributed by atoms with Crippen LogP contribution in [0.1, 0.15) is 26.2 Å². The number of methoxy groups -OCH3 is 1. The van der Waals surface area contributed by atoms with Crippen molar-refractivity contribution in [3.05, 3.63) is 47.5 Å². The van der Waals surface area contributed by atoms with Gasteiger partial charge in [0.15, 0.2) is 6.10 Å². The van der Waals surface area contributed by atoms with Crippen molar-refractivity contribution in [2.75, 3.05) is 23.9 Å². The predicted molar refractivity (Wildman–Crippen MR) is 109 cm³/mol. The summed E-state index contributed by atoms with van der Waals surface area (Å²) in [5.74, 6) is 0.777. The molecule has 1 aliphatic heterocycles. The van der Waals surface area contributed by atoms with Crippen LogP contribution >= 0.6 is 11.6 Å². The summed E-state index contributed by atoms with van der Waals surface area (Å²) >= 11 is 6.08. The quantitative estimate of drug-likeness (QED) is 0.783. The lowest BCUT2D eigenvalue weighted by molar-refractivity contribution is -0.122. The summed E-state index contributed by atoms with van der Waals surface area (Å²) in [6, 6.07) is 12.2. The minimum Gasteiger partial charge on any atom is -0.495 e. The van der Waals surface area contributed by atoms with E-state index in [1.165, 1.54) is 0 Å². The van der Waals surface area contributed by atoms with E-state index >= 15 is 0 Å². The number of ether oxygens (including phenoxy) is 2. The third-order valence-corrected chi connectivity index (χ3v) is 4.88. The van der Waals surface area contributed by atoms with Crippen molar-refractivity contribution in [2.45, 2.75) is 32.3 Å². The maximum absolute atomic E-state index is 12.5. The van der Waals surface area contributed by atoms with Crippen molar-refractivity contribution in [1.29, 1.82) is 0 Å². The number of hydrogen-bond donors (Lipinski definition) is 1. The highest BCUT2D eigenvalue weighted by Gasteiger charge is 2.23. The topological polar surface area (TPSA) is 67.9 Å². The highest BCUT2D eigenvalue weighted by Crippen LogP contribution is 2.33. The molecule has 1 N–H and O–H groups in total. The average molecular weight is 403 g/mol. The van der Waals surface area contributed by atoms with Crippen LogP contribution in [-0.2, 0) is 9.59 Å². The number of piperidine rings is 1. The summed E-state index contributed by atoms with van der Waals surface area (Å²) in [7, 11) is 1.56. The van der Waals surface area contributed by atoms with Crippen molar-refractivity contribution in [3.63, 3.8) is 0 Å². The fourth-order valence-electron chi connectivity index (χ4n) is 3.07. The van der Waals surface area contributed by atoms with Crippen molar-refractivity contribution >= 4 is 34.8 Å². The Balaban J connectivity index is 1.74. The molecule has 0 saturated carbocycles. The molecule has 1 fully saturated rings. The van der Waals surface area contributed by atoms with E-state index in [1.807, 2.05) is 0 Å². The summed E-state index contributed by atoms with van der Waals surface area (Å²) in [5, 5.41) is 3.27. The first-order valence-corrected chi connectivity index (χ1v) is 9.58. The largest absolute Gasteiger partial charge is 0.495 e. The summed E-state index contributed by atoms with van der Waals surface area (Å²) < 4.78 is 11.1. The Bertz CT molecular complexity index is 871. The Morgan fingerprint density at radius 2 is 1.96 bits per heavy atom. The van der Waals surface area contributed by atoms with E-state index in [-0.39, 0.29) is 11.8 Å². The Labute approximate surface area is 169 Å². The fourth-order valence-corrected chi connectivity index (χ4v) is 3.25. The number of benzene rings is 2. The van der Waals surface area contributed by atoms with Gasteiger partial charge in [0.2, 0.25) is 5.91 Å². The summed E-state index contributed by atoms with van der Waals surface area (Å²) in [5.41, 5.74) is 1.22. The molecule has 2 aromatic carbocycles. The highest BCUT2D eigenvalue weighted by atomic mass is 35.5. The maximum Gasteiger partial charge on any atom is 0.265 e. The number of carbonyl (C=O) groups excluding carboxylic acids is 2. The highest BCUT2D eigenvalue weighted by molar-refractivity contribution is 6.32. The molecule has 7 heteroatoms. The lowest BCUT2D eigenvalue weighted by Crippen LogP contribution is -2.35. The first-order chi connectivity index (χ1) is 13.5. The molecule has 1 aliphatic rings. The number of halogens is 1. The van der Waals surface area contributed by atoms with Crippen LogP contribution in [0.15, 0.2) is 42.5 Å². The Kier molecular flexibility index (Phi) is 6.41.